The molecule has 0 bridgehead atoms. The second kappa shape index (κ2) is 8.30. The standard InChI is InChI=1S/C11H17NS.BrH/c1-2-3-4-6-9-12-10-7-5-8-11(12)13;/h5,7-8,10H,2-4,6,9H2,1H3;1H. The highest BCUT2D eigenvalue weighted by Gasteiger charge is 2.03. The van der Waals surface area contributed by atoms with Crippen molar-refractivity contribution in [3.8, 4) is 0 Å². The van der Waals surface area contributed by atoms with E-state index in [1.165, 1.54) is 25.7 Å². The average Bonchev–Trinajstić information content (AvgIpc) is 2.15. The third-order valence-corrected chi connectivity index (χ3v) is 2.58. The molecule has 0 N–H and O–H groups in total. The highest BCUT2D eigenvalue weighted by Crippen LogP contribution is 2.01. The van der Waals surface area contributed by atoms with Crippen LogP contribution in [0.4, 0.5) is 0 Å². The zero-order chi connectivity index (χ0) is 9.52. The molecule has 0 aliphatic heterocycles. The van der Waals surface area contributed by atoms with Gasteiger partial charge in [0.25, 0.3) is 0 Å². The molecule has 0 atom stereocenters. The maximum atomic E-state index is 4.39. The number of pyridine rings is 1. The molecule has 1 heterocycles. The largest absolute Gasteiger partial charge is 1.00 e. The molecule has 0 radical (unpaired) electrons. The fourth-order valence-corrected chi connectivity index (χ4v) is 1.62. The molecule has 1 rings (SSSR count). The number of aryl methyl sites for hydroxylation is 1. The van der Waals surface area contributed by atoms with Crippen LogP contribution in [0.5, 0.6) is 0 Å². The van der Waals surface area contributed by atoms with Crippen LogP contribution in [0.1, 0.15) is 32.6 Å². The van der Waals surface area contributed by atoms with Crippen LogP contribution in [0.25, 0.3) is 0 Å². The molecule has 1 aromatic heterocycles. The van der Waals surface area contributed by atoms with E-state index in [0.29, 0.717) is 0 Å². The van der Waals surface area contributed by atoms with Gasteiger partial charge in [-0.2, -0.15) is 4.57 Å². The maximum Gasteiger partial charge on any atom is 0.236 e. The van der Waals surface area contributed by atoms with Gasteiger partial charge >= 0.3 is 0 Å². The van der Waals surface area contributed by atoms with Gasteiger partial charge in [0.1, 0.15) is 6.54 Å². The summed E-state index contributed by atoms with van der Waals surface area (Å²) in [6, 6.07) is 6.10. The highest BCUT2D eigenvalue weighted by atomic mass is 79.9. The molecular weight excluding hydrogens is 258 g/mol. The topological polar surface area (TPSA) is 3.88 Å². The molecule has 80 valence electrons. The van der Waals surface area contributed by atoms with Crippen LogP contribution in [-0.4, -0.2) is 0 Å². The minimum Gasteiger partial charge on any atom is -1.00 e. The lowest BCUT2D eigenvalue weighted by Crippen LogP contribution is -3.00. The molecule has 0 aromatic carbocycles. The van der Waals surface area contributed by atoms with E-state index in [4.69, 9.17) is 0 Å². The molecule has 0 aliphatic carbocycles. The fourth-order valence-electron chi connectivity index (χ4n) is 1.37. The Hall–Kier alpha value is -0.0200. The summed E-state index contributed by atoms with van der Waals surface area (Å²) in [4.78, 5) is 0. The molecule has 1 nitrogen and oxygen atoms in total. The second-order valence-electron chi connectivity index (χ2n) is 3.31. The van der Waals surface area contributed by atoms with Crippen molar-refractivity contribution in [1.29, 1.82) is 0 Å². The van der Waals surface area contributed by atoms with Gasteiger partial charge in [0, 0.05) is 18.6 Å². The van der Waals surface area contributed by atoms with E-state index in [-0.39, 0.29) is 17.0 Å². The van der Waals surface area contributed by atoms with Gasteiger partial charge in [0.05, 0.1) is 0 Å². The predicted octanol–water partition coefficient (Wildman–Crippen LogP) is -0.153. The SMILES string of the molecule is CCCCCC[n+]1ccccc1S.[Br-]. The first kappa shape index (κ1) is 14.0. The maximum absolute atomic E-state index is 4.39. The van der Waals surface area contributed by atoms with Crippen molar-refractivity contribution in [3.63, 3.8) is 0 Å². The third kappa shape index (κ3) is 5.01. The van der Waals surface area contributed by atoms with E-state index < -0.39 is 0 Å². The smallest absolute Gasteiger partial charge is 0.236 e. The van der Waals surface area contributed by atoms with Crippen LogP contribution in [0.15, 0.2) is 29.4 Å². The summed E-state index contributed by atoms with van der Waals surface area (Å²) in [5.41, 5.74) is 0. The summed E-state index contributed by atoms with van der Waals surface area (Å²) in [7, 11) is 0. The Bertz CT molecular complexity index is 253. The number of aromatic nitrogens is 1. The zero-order valence-corrected chi connectivity index (χ0v) is 11.1. The summed E-state index contributed by atoms with van der Waals surface area (Å²) >= 11 is 4.39. The summed E-state index contributed by atoms with van der Waals surface area (Å²) in [5.74, 6) is 0. The van der Waals surface area contributed by atoms with Crippen LogP contribution < -0.4 is 21.5 Å². The molecule has 3 heteroatoms. The van der Waals surface area contributed by atoms with E-state index in [1.807, 2.05) is 12.1 Å². The van der Waals surface area contributed by atoms with Crippen molar-refractivity contribution in [2.75, 3.05) is 0 Å². The lowest BCUT2D eigenvalue weighted by molar-refractivity contribution is -0.732. The summed E-state index contributed by atoms with van der Waals surface area (Å²) < 4.78 is 2.19. The number of halogens is 1. The molecule has 0 aliphatic rings. The Morgan fingerprint density at radius 2 is 2.00 bits per heavy atom. The van der Waals surface area contributed by atoms with Gasteiger partial charge in [-0.1, -0.05) is 32.4 Å². The van der Waals surface area contributed by atoms with Crippen molar-refractivity contribution in [2.24, 2.45) is 0 Å². The number of rotatable bonds is 5. The molecule has 1 aromatic rings. The van der Waals surface area contributed by atoms with Gasteiger partial charge in [0.2, 0.25) is 5.03 Å². The van der Waals surface area contributed by atoms with Crippen molar-refractivity contribution >= 4 is 12.6 Å². The van der Waals surface area contributed by atoms with Crippen molar-refractivity contribution in [2.45, 2.75) is 44.2 Å². The first-order valence-corrected chi connectivity index (χ1v) is 5.46. The molecule has 14 heavy (non-hydrogen) atoms. The van der Waals surface area contributed by atoms with Gasteiger partial charge in [-0.25, -0.2) is 0 Å². The Morgan fingerprint density at radius 3 is 2.64 bits per heavy atom. The van der Waals surface area contributed by atoms with Crippen LogP contribution >= 0.6 is 12.6 Å². The molecule has 0 amide bonds. The molecule has 0 saturated carbocycles. The lowest BCUT2D eigenvalue weighted by Gasteiger charge is -1.98. The van der Waals surface area contributed by atoms with Crippen molar-refractivity contribution in [3.05, 3.63) is 24.4 Å². The summed E-state index contributed by atoms with van der Waals surface area (Å²) in [5, 5.41) is 1.05. The molecule has 0 spiro atoms. The van der Waals surface area contributed by atoms with Gasteiger partial charge in [-0.15, -0.1) is 0 Å². The Labute approximate surface area is 103 Å². The van der Waals surface area contributed by atoms with Crippen molar-refractivity contribution in [1.82, 2.24) is 0 Å². The van der Waals surface area contributed by atoms with Gasteiger partial charge in [0.15, 0.2) is 6.20 Å². The fraction of sp³-hybridized carbons (Fsp3) is 0.545. The lowest BCUT2D eigenvalue weighted by atomic mass is 10.2. The Kier molecular flexibility index (Phi) is 8.29. The molecule has 0 unspecified atom stereocenters. The molecular formula is C11H18BrNS. The monoisotopic (exact) mass is 275 g/mol. The van der Waals surface area contributed by atoms with Crippen LogP contribution in [-0.2, 0) is 6.54 Å². The Balaban J connectivity index is 0.00000169. The minimum absolute atomic E-state index is 0. The third-order valence-electron chi connectivity index (χ3n) is 2.17. The number of nitrogens with zero attached hydrogens (tertiary/aromatic N) is 1. The minimum atomic E-state index is 0. The van der Waals surface area contributed by atoms with Crippen LogP contribution in [0.2, 0.25) is 0 Å². The highest BCUT2D eigenvalue weighted by molar-refractivity contribution is 7.80. The molecule has 0 fully saturated rings. The van der Waals surface area contributed by atoms with Crippen molar-refractivity contribution < 1.29 is 21.5 Å². The predicted molar refractivity (Wildman–Crippen MR) is 58.0 cm³/mol. The number of hydrogen-bond acceptors (Lipinski definition) is 1. The van der Waals surface area contributed by atoms with Crippen LogP contribution in [0, 0.1) is 0 Å². The number of thiol groups is 1. The summed E-state index contributed by atoms with van der Waals surface area (Å²) in [6.07, 6.45) is 7.32. The van der Waals surface area contributed by atoms with Gasteiger partial charge < -0.3 is 17.0 Å². The van der Waals surface area contributed by atoms with Gasteiger partial charge in [-0.05, 0) is 12.5 Å². The number of unbranched alkanes of at least 4 members (excludes halogenated alkanes) is 3. The first-order valence-electron chi connectivity index (χ1n) is 5.02. The average molecular weight is 276 g/mol. The Morgan fingerprint density at radius 1 is 1.21 bits per heavy atom. The van der Waals surface area contributed by atoms with E-state index in [2.05, 4.69) is 36.4 Å². The van der Waals surface area contributed by atoms with E-state index in [0.717, 1.165) is 11.6 Å². The van der Waals surface area contributed by atoms with E-state index in [1.54, 1.807) is 0 Å². The normalized spacial score (nSPS) is 9.57. The van der Waals surface area contributed by atoms with E-state index >= 15 is 0 Å². The van der Waals surface area contributed by atoms with Gasteiger partial charge in [-0.3, -0.25) is 0 Å². The van der Waals surface area contributed by atoms with E-state index in [9.17, 15) is 0 Å². The summed E-state index contributed by atoms with van der Waals surface area (Å²) in [6.45, 7) is 3.33. The molecule has 0 saturated heterocycles. The second-order valence-corrected chi connectivity index (χ2v) is 3.77. The quantitative estimate of drug-likeness (QED) is 0.433. The number of hydrogen-bond donors (Lipinski definition) is 1. The zero-order valence-electron chi connectivity index (χ0n) is 8.62. The first-order chi connectivity index (χ1) is 6.34. The van der Waals surface area contributed by atoms with Crippen LogP contribution in [0.3, 0.4) is 0 Å².